The second-order valence-electron chi connectivity index (χ2n) is 3.75. The molecule has 0 saturated heterocycles. The van der Waals surface area contributed by atoms with Crippen LogP contribution in [0.5, 0.6) is 5.75 Å². The van der Waals surface area contributed by atoms with Crippen LogP contribution in [0.1, 0.15) is 5.56 Å². The minimum Gasteiger partial charge on any atom is -0.495 e. The molecule has 0 aliphatic heterocycles. The fourth-order valence-corrected chi connectivity index (χ4v) is 3.00. The molecule has 2 aromatic carbocycles. The summed E-state index contributed by atoms with van der Waals surface area (Å²) in [5.74, 6) is 0.752. The number of hydrazone groups is 1. The highest BCUT2D eigenvalue weighted by molar-refractivity contribution is 9.11. The second kappa shape index (κ2) is 6.73. The van der Waals surface area contributed by atoms with Gasteiger partial charge in [-0.1, -0.05) is 34.1 Å². The van der Waals surface area contributed by atoms with E-state index in [4.69, 9.17) is 4.74 Å². The van der Waals surface area contributed by atoms with Crippen molar-refractivity contribution < 1.29 is 4.74 Å². The first kappa shape index (κ1) is 14.1. The molecule has 0 aliphatic carbocycles. The maximum absolute atomic E-state index is 5.35. The third-order valence-corrected chi connectivity index (χ3v) is 3.46. The van der Waals surface area contributed by atoms with Crippen molar-refractivity contribution in [3.05, 3.63) is 57.0 Å². The van der Waals surface area contributed by atoms with Crippen LogP contribution in [0.25, 0.3) is 0 Å². The zero-order valence-electron chi connectivity index (χ0n) is 10.2. The summed E-state index contributed by atoms with van der Waals surface area (Å²) < 4.78 is 7.19. The van der Waals surface area contributed by atoms with E-state index in [0.29, 0.717) is 0 Å². The van der Waals surface area contributed by atoms with Crippen LogP contribution in [0.4, 0.5) is 5.69 Å². The minimum atomic E-state index is 0.752. The van der Waals surface area contributed by atoms with Gasteiger partial charge >= 0.3 is 0 Å². The quantitative estimate of drug-likeness (QED) is 0.614. The molecule has 0 radical (unpaired) electrons. The standard InChI is InChI=1S/C14H12Br2N2O/c1-19-14-10(7-11(15)8-13(14)16)9-17-18-12-5-3-2-4-6-12/h2-9,18H,1H3/b17-9+. The SMILES string of the molecule is COc1c(Br)cc(Br)cc1/C=N/Nc1ccccc1. The van der Waals surface area contributed by atoms with Crippen molar-refractivity contribution in [3.8, 4) is 5.75 Å². The number of methoxy groups -OCH3 is 1. The zero-order valence-corrected chi connectivity index (χ0v) is 13.4. The molecule has 2 rings (SSSR count). The molecule has 0 spiro atoms. The molecule has 0 saturated carbocycles. The third kappa shape index (κ3) is 3.81. The number of halogens is 2. The van der Waals surface area contributed by atoms with Gasteiger partial charge in [0.05, 0.1) is 23.5 Å². The van der Waals surface area contributed by atoms with E-state index in [1.54, 1.807) is 13.3 Å². The van der Waals surface area contributed by atoms with Gasteiger partial charge in [0.2, 0.25) is 0 Å². The fourth-order valence-electron chi connectivity index (χ4n) is 1.58. The van der Waals surface area contributed by atoms with Crippen molar-refractivity contribution in [2.75, 3.05) is 12.5 Å². The fraction of sp³-hybridized carbons (Fsp3) is 0.0714. The van der Waals surface area contributed by atoms with Crippen LogP contribution >= 0.6 is 31.9 Å². The molecule has 0 fully saturated rings. The van der Waals surface area contributed by atoms with Crippen molar-refractivity contribution in [3.63, 3.8) is 0 Å². The van der Waals surface area contributed by atoms with Gasteiger partial charge in [0, 0.05) is 10.0 Å². The lowest BCUT2D eigenvalue weighted by Gasteiger charge is -2.07. The summed E-state index contributed by atoms with van der Waals surface area (Å²) in [6.07, 6.45) is 1.72. The number of anilines is 1. The summed E-state index contributed by atoms with van der Waals surface area (Å²) in [5, 5.41) is 4.21. The van der Waals surface area contributed by atoms with E-state index in [-0.39, 0.29) is 0 Å². The first-order valence-electron chi connectivity index (χ1n) is 5.58. The van der Waals surface area contributed by atoms with Crippen molar-refractivity contribution in [1.82, 2.24) is 0 Å². The molecule has 2 aromatic rings. The van der Waals surface area contributed by atoms with E-state index in [1.807, 2.05) is 42.5 Å². The number of para-hydroxylation sites is 1. The van der Waals surface area contributed by atoms with E-state index in [2.05, 4.69) is 42.4 Å². The average Bonchev–Trinajstić information content (AvgIpc) is 2.39. The Balaban J connectivity index is 2.19. The number of hydrogen-bond donors (Lipinski definition) is 1. The molecule has 0 atom stereocenters. The number of hydrogen-bond acceptors (Lipinski definition) is 3. The Morgan fingerprint density at radius 1 is 1.16 bits per heavy atom. The molecule has 0 aliphatic rings. The van der Waals surface area contributed by atoms with Crippen LogP contribution in [0, 0.1) is 0 Å². The lowest BCUT2D eigenvalue weighted by atomic mass is 10.2. The minimum absolute atomic E-state index is 0.752. The molecule has 0 heterocycles. The summed E-state index contributed by atoms with van der Waals surface area (Å²) in [6.45, 7) is 0. The third-order valence-electron chi connectivity index (χ3n) is 2.41. The summed E-state index contributed by atoms with van der Waals surface area (Å²) in [4.78, 5) is 0. The van der Waals surface area contributed by atoms with Crippen LogP contribution in [-0.2, 0) is 0 Å². The Bertz CT molecular complexity index is 585. The molecule has 0 aromatic heterocycles. The highest BCUT2D eigenvalue weighted by atomic mass is 79.9. The lowest BCUT2D eigenvalue weighted by Crippen LogP contribution is -1.95. The van der Waals surface area contributed by atoms with Crippen molar-refractivity contribution in [2.45, 2.75) is 0 Å². The largest absolute Gasteiger partial charge is 0.495 e. The molecule has 19 heavy (non-hydrogen) atoms. The summed E-state index contributed by atoms with van der Waals surface area (Å²) in [6, 6.07) is 13.6. The van der Waals surface area contributed by atoms with Crippen molar-refractivity contribution >= 4 is 43.8 Å². The smallest absolute Gasteiger partial charge is 0.141 e. The Morgan fingerprint density at radius 2 is 1.89 bits per heavy atom. The van der Waals surface area contributed by atoms with Gasteiger partial charge < -0.3 is 4.74 Å². The lowest BCUT2D eigenvalue weighted by molar-refractivity contribution is 0.411. The highest BCUT2D eigenvalue weighted by Gasteiger charge is 2.07. The highest BCUT2D eigenvalue weighted by Crippen LogP contribution is 2.31. The molecule has 0 bridgehead atoms. The van der Waals surface area contributed by atoms with E-state index in [1.165, 1.54) is 0 Å². The molecular formula is C14H12Br2N2O. The Morgan fingerprint density at radius 3 is 2.58 bits per heavy atom. The molecule has 3 nitrogen and oxygen atoms in total. The van der Waals surface area contributed by atoms with E-state index >= 15 is 0 Å². The van der Waals surface area contributed by atoms with Gasteiger partial charge in [-0.15, -0.1) is 0 Å². The second-order valence-corrected chi connectivity index (χ2v) is 5.52. The predicted octanol–water partition coefficient (Wildman–Crippen LogP) is 4.67. The summed E-state index contributed by atoms with van der Waals surface area (Å²) in [7, 11) is 1.63. The van der Waals surface area contributed by atoms with Gasteiger partial charge in [-0.2, -0.15) is 5.10 Å². The number of nitrogens with zero attached hydrogens (tertiary/aromatic N) is 1. The van der Waals surface area contributed by atoms with E-state index < -0.39 is 0 Å². The monoisotopic (exact) mass is 382 g/mol. The van der Waals surface area contributed by atoms with Gasteiger partial charge in [0.25, 0.3) is 0 Å². The van der Waals surface area contributed by atoms with Gasteiger partial charge in [-0.3, -0.25) is 5.43 Å². The molecule has 0 amide bonds. The Hall–Kier alpha value is -1.33. The maximum Gasteiger partial charge on any atom is 0.141 e. The normalized spacial score (nSPS) is 10.7. The Labute approximate surface area is 128 Å². The van der Waals surface area contributed by atoms with Crippen molar-refractivity contribution in [2.24, 2.45) is 5.10 Å². The molecular weight excluding hydrogens is 372 g/mol. The number of benzene rings is 2. The number of ether oxygens (including phenoxy) is 1. The number of rotatable bonds is 4. The molecule has 98 valence electrons. The molecule has 0 unspecified atom stereocenters. The zero-order chi connectivity index (χ0) is 13.7. The van der Waals surface area contributed by atoms with Gasteiger partial charge in [-0.05, 0) is 40.2 Å². The van der Waals surface area contributed by atoms with E-state index in [9.17, 15) is 0 Å². The predicted molar refractivity (Wildman–Crippen MR) is 86.1 cm³/mol. The average molecular weight is 384 g/mol. The van der Waals surface area contributed by atoms with E-state index in [0.717, 1.165) is 25.9 Å². The first-order chi connectivity index (χ1) is 9.20. The van der Waals surface area contributed by atoms with Crippen LogP contribution < -0.4 is 10.2 Å². The summed E-state index contributed by atoms with van der Waals surface area (Å²) in [5.41, 5.74) is 4.79. The molecule has 5 heteroatoms. The van der Waals surface area contributed by atoms with Crippen LogP contribution in [0.3, 0.4) is 0 Å². The van der Waals surface area contributed by atoms with Gasteiger partial charge in [0.1, 0.15) is 5.75 Å². The Kier molecular flexibility index (Phi) is 4.99. The number of nitrogens with one attached hydrogen (secondary N) is 1. The van der Waals surface area contributed by atoms with Crippen LogP contribution in [0.2, 0.25) is 0 Å². The topological polar surface area (TPSA) is 33.6 Å². The van der Waals surface area contributed by atoms with Crippen molar-refractivity contribution in [1.29, 1.82) is 0 Å². The molecule has 1 N–H and O–H groups in total. The van der Waals surface area contributed by atoms with Gasteiger partial charge in [-0.25, -0.2) is 0 Å². The van der Waals surface area contributed by atoms with Crippen LogP contribution in [-0.4, -0.2) is 13.3 Å². The summed E-state index contributed by atoms with van der Waals surface area (Å²) >= 11 is 6.90. The maximum atomic E-state index is 5.35. The van der Waals surface area contributed by atoms with Gasteiger partial charge in [0.15, 0.2) is 0 Å². The van der Waals surface area contributed by atoms with Crippen LogP contribution in [0.15, 0.2) is 56.5 Å². The first-order valence-corrected chi connectivity index (χ1v) is 7.16.